The first-order valence-electron chi connectivity index (χ1n) is 5.78. The van der Waals surface area contributed by atoms with Crippen molar-refractivity contribution in [3.63, 3.8) is 0 Å². The number of nitrogens with one attached hydrogen (secondary N) is 1. The summed E-state index contributed by atoms with van der Waals surface area (Å²) in [6, 6.07) is 8.09. The average molecular weight is 235 g/mol. The Morgan fingerprint density at radius 2 is 2.00 bits per heavy atom. The Kier molecular flexibility index (Phi) is 4.55. The van der Waals surface area contributed by atoms with Gasteiger partial charge in [-0.25, -0.2) is 0 Å². The molecule has 1 N–H and O–H groups in total. The molecule has 3 nitrogen and oxygen atoms in total. The standard InChI is InChI=1S/C14H21NO2/c1-14(2,3)11-6-5-7-12(10-11)17-9-8-13(15)16-4/h5-7,10,15H,8-9H2,1-4H3. The maximum atomic E-state index is 7.34. The molecule has 17 heavy (non-hydrogen) atoms. The molecule has 3 heteroatoms. The molecule has 1 aromatic rings. The number of benzene rings is 1. The van der Waals surface area contributed by atoms with Crippen molar-refractivity contribution >= 4 is 5.90 Å². The molecule has 0 fully saturated rings. The van der Waals surface area contributed by atoms with E-state index in [1.807, 2.05) is 12.1 Å². The lowest BCUT2D eigenvalue weighted by Gasteiger charge is -2.19. The summed E-state index contributed by atoms with van der Waals surface area (Å²) in [6.07, 6.45) is 0.496. The van der Waals surface area contributed by atoms with Crippen LogP contribution in [0, 0.1) is 5.41 Å². The highest BCUT2D eigenvalue weighted by Gasteiger charge is 2.13. The summed E-state index contributed by atoms with van der Waals surface area (Å²) in [5, 5.41) is 7.34. The van der Waals surface area contributed by atoms with Gasteiger partial charge in [-0.15, -0.1) is 0 Å². The van der Waals surface area contributed by atoms with Gasteiger partial charge >= 0.3 is 0 Å². The van der Waals surface area contributed by atoms with E-state index in [2.05, 4.69) is 32.9 Å². The Morgan fingerprint density at radius 3 is 2.59 bits per heavy atom. The molecule has 0 bridgehead atoms. The molecular formula is C14H21NO2. The van der Waals surface area contributed by atoms with Crippen molar-refractivity contribution in [2.75, 3.05) is 13.7 Å². The monoisotopic (exact) mass is 235 g/mol. The number of hydrogen-bond donors (Lipinski definition) is 1. The average Bonchev–Trinajstić information content (AvgIpc) is 2.28. The maximum absolute atomic E-state index is 7.34. The van der Waals surface area contributed by atoms with E-state index >= 15 is 0 Å². The highest BCUT2D eigenvalue weighted by atomic mass is 16.5. The third-order valence-corrected chi connectivity index (χ3v) is 2.54. The Labute approximate surface area is 103 Å². The van der Waals surface area contributed by atoms with Crippen LogP contribution in [0.25, 0.3) is 0 Å². The van der Waals surface area contributed by atoms with Crippen LogP contribution in [0.1, 0.15) is 32.8 Å². The molecular weight excluding hydrogens is 214 g/mol. The second-order valence-electron chi connectivity index (χ2n) is 5.00. The third-order valence-electron chi connectivity index (χ3n) is 2.54. The van der Waals surface area contributed by atoms with E-state index in [1.165, 1.54) is 12.7 Å². The molecule has 0 spiro atoms. The fraction of sp³-hybridized carbons (Fsp3) is 0.500. The van der Waals surface area contributed by atoms with Crippen LogP contribution in [0.3, 0.4) is 0 Å². The Bertz CT molecular complexity index is 380. The van der Waals surface area contributed by atoms with Crippen molar-refractivity contribution in [1.29, 1.82) is 5.41 Å². The van der Waals surface area contributed by atoms with E-state index in [9.17, 15) is 0 Å². The normalized spacial score (nSPS) is 11.1. The van der Waals surface area contributed by atoms with Gasteiger partial charge in [-0.1, -0.05) is 32.9 Å². The summed E-state index contributed by atoms with van der Waals surface area (Å²) in [6.45, 7) is 6.99. The van der Waals surface area contributed by atoms with Gasteiger partial charge in [0, 0.05) is 0 Å². The van der Waals surface area contributed by atoms with E-state index < -0.39 is 0 Å². The summed E-state index contributed by atoms with van der Waals surface area (Å²) >= 11 is 0. The molecule has 1 aromatic carbocycles. The summed E-state index contributed by atoms with van der Waals surface area (Å²) in [5.74, 6) is 1.10. The SMILES string of the molecule is COC(=N)CCOc1cccc(C(C)(C)C)c1. The minimum Gasteiger partial charge on any atom is -0.493 e. The van der Waals surface area contributed by atoms with E-state index in [4.69, 9.17) is 14.9 Å². The number of hydrogen-bond acceptors (Lipinski definition) is 3. The summed E-state index contributed by atoms with van der Waals surface area (Å²) in [7, 11) is 1.50. The van der Waals surface area contributed by atoms with Gasteiger partial charge in [0.2, 0.25) is 0 Å². The molecule has 0 amide bonds. The Morgan fingerprint density at radius 1 is 1.29 bits per heavy atom. The minimum absolute atomic E-state index is 0.124. The van der Waals surface area contributed by atoms with Crippen molar-refractivity contribution in [3.05, 3.63) is 29.8 Å². The molecule has 0 saturated heterocycles. The van der Waals surface area contributed by atoms with Gasteiger partial charge in [0.25, 0.3) is 0 Å². The number of methoxy groups -OCH3 is 1. The first-order chi connectivity index (χ1) is 7.93. The maximum Gasteiger partial charge on any atom is 0.183 e. The fourth-order valence-electron chi connectivity index (χ4n) is 1.42. The number of ether oxygens (including phenoxy) is 2. The van der Waals surface area contributed by atoms with E-state index in [1.54, 1.807) is 0 Å². The van der Waals surface area contributed by atoms with Crippen LogP contribution in [-0.2, 0) is 10.2 Å². The van der Waals surface area contributed by atoms with Crippen molar-refractivity contribution in [2.24, 2.45) is 0 Å². The molecule has 0 heterocycles. The Balaban J connectivity index is 2.58. The second kappa shape index (κ2) is 5.71. The largest absolute Gasteiger partial charge is 0.493 e. The molecule has 0 saturated carbocycles. The lowest BCUT2D eigenvalue weighted by molar-refractivity contribution is 0.306. The summed E-state index contributed by atoms with van der Waals surface area (Å²) in [4.78, 5) is 0. The van der Waals surface area contributed by atoms with Crippen LogP contribution in [0.5, 0.6) is 5.75 Å². The highest BCUT2D eigenvalue weighted by molar-refractivity contribution is 5.72. The van der Waals surface area contributed by atoms with Crippen molar-refractivity contribution in [1.82, 2.24) is 0 Å². The number of rotatable bonds is 4. The van der Waals surface area contributed by atoms with Crippen molar-refractivity contribution in [3.8, 4) is 5.75 Å². The van der Waals surface area contributed by atoms with E-state index in [0.29, 0.717) is 13.0 Å². The summed E-state index contributed by atoms with van der Waals surface area (Å²) in [5.41, 5.74) is 1.37. The first-order valence-corrected chi connectivity index (χ1v) is 5.78. The quantitative estimate of drug-likeness (QED) is 0.642. The van der Waals surface area contributed by atoms with Gasteiger partial charge in [-0.05, 0) is 23.1 Å². The second-order valence-corrected chi connectivity index (χ2v) is 5.00. The van der Waals surface area contributed by atoms with Gasteiger partial charge in [-0.2, -0.15) is 0 Å². The smallest absolute Gasteiger partial charge is 0.183 e. The van der Waals surface area contributed by atoms with Gasteiger partial charge in [0.15, 0.2) is 5.90 Å². The van der Waals surface area contributed by atoms with E-state index in [0.717, 1.165) is 5.75 Å². The van der Waals surface area contributed by atoms with Gasteiger partial charge in [0.05, 0.1) is 20.1 Å². The van der Waals surface area contributed by atoms with Crippen LogP contribution in [0.15, 0.2) is 24.3 Å². The first kappa shape index (κ1) is 13.6. The molecule has 0 aliphatic rings. The zero-order valence-corrected chi connectivity index (χ0v) is 11.0. The fourth-order valence-corrected chi connectivity index (χ4v) is 1.42. The van der Waals surface area contributed by atoms with Crippen LogP contribution < -0.4 is 4.74 Å². The van der Waals surface area contributed by atoms with Gasteiger partial charge < -0.3 is 9.47 Å². The summed E-state index contributed by atoms with van der Waals surface area (Å²) < 4.78 is 10.4. The predicted molar refractivity (Wildman–Crippen MR) is 70.0 cm³/mol. The zero-order chi connectivity index (χ0) is 12.9. The lowest BCUT2D eigenvalue weighted by atomic mass is 9.87. The minimum atomic E-state index is 0.124. The zero-order valence-electron chi connectivity index (χ0n) is 11.0. The molecule has 0 atom stereocenters. The van der Waals surface area contributed by atoms with Crippen molar-refractivity contribution in [2.45, 2.75) is 32.6 Å². The van der Waals surface area contributed by atoms with Gasteiger partial charge in [0.1, 0.15) is 5.75 Å². The van der Waals surface area contributed by atoms with Gasteiger partial charge in [-0.3, -0.25) is 5.41 Å². The van der Waals surface area contributed by atoms with Crippen LogP contribution in [-0.4, -0.2) is 19.6 Å². The lowest BCUT2D eigenvalue weighted by Crippen LogP contribution is -2.11. The molecule has 0 unspecified atom stereocenters. The Hall–Kier alpha value is -1.51. The van der Waals surface area contributed by atoms with Crippen LogP contribution >= 0.6 is 0 Å². The van der Waals surface area contributed by atoms with E-state index in [-0.39, 0.29) is 11.3 Å². The third kappa shape index (κ3) is 4.47. The molecule has 1 rings (SSSR count). The molecule has 0 aliphatic heterocycles. The predicted octanol–water partition coefficient (Wildman–Crippen LogP) is 3.38. The molecule has 0 aliphatic carbocycles. The molecule has 94 valence electrons. The molecule has 0 aromatic heterocycles. The highest BCUT2D eigenvalue weighted by Crippen LogP contribution is 2.25. The van der Waals surface area contributed by atoms with Crippen LogP contribution in [0.4, 0.5) is 0 Å². The molecule has 0 radical (unpaired) electrons. The van der Waals surface area contributed by atoms with Crippen molar-refractivity contribution < 1.29 is 9.47 Å². The topological polar surface area (TPSA) is 42.3 Å². The van der Waals surface area contributed by atoms with Crippen LogP contribution in [0.2, 0.25) is 0 Å².